The van der Waals surface area contributed by atoms with E-state index in [0.29, 0.717) is 39.1 Å². The minimum absolute atomic E-state index is 0.0955. The topological polar surface area (TPSA) is 117 Å². The van der Waals surface area contributed by atoms with Crippen LogP contribution in [0, 0.1) is 13.8 Å². The summed E-state index contributed by atoms with van der Waals surface area (Å²) in [5.41, 5.74) is 8.47. The van der Waals surface area contributed by atoms with Crippen LogP contribution < -0.4 is 10.5 Å². The average molecular weight is 413 g/mol. The van der Waals surface area contributed by atoms with Gasteiger partial charge in [-0.15, -0.1) is 0 Å². The number of nitrogens with zero attached hydrogens (tertiary/aromatic N) is 2. The summed E-state index contributed by atoms with van der Waals surface area (Å²) in [6.07, 6.45) is 1.09. The highest BCUT2D eigenvalue weighted by atomic mass is 32.2. The Morgan fingerprint density at radius 2 is 1.90 bits per heavy atom. The molecule has 2 N–H and O–H groups in total. The molecule has 1 amide bonds. The lowest BCUT2D eigenvalue weighted by atomic mass is 9.98. The summed E-state index contributed by atoms with van der Waals surface area (Å²) in [4.78, 5) is 12.3. The van der Waals surface area contributed by atoms with E-state index >= 15 is 0 Å². The van der Waals surface area contributed by atoms with Crippen molar-refractivity contribution in [2.75, 3.05) is 13.4 Å². The molecule has 8 nitrogen and oxygen atoms in total. The van der Waals surface area contributed by atoms with E-state index in [9.17, 15) is 13.2 Å². The number of benzene rings is 2. The van der Waals surface area contributed by atoms with Crippen LogP contribution in [0.25, 0.3) is 32.9 Å². The number of rotatable bonds is 4. The maximum Gasteiger partial charge on any atom is 0.250 e. The predicted octanol–water partition coefficient (Wildman–Crippen LogP) is 2.98. The maximum absolute atomic E-state index is 12.6. The summed E-state index contributed by atoms with van der Waals surface area (Å²) in [5.74, 6) is 0.415. The average Bonchev–Trinajstić information content (AvgIpc) is 3.16. The highest BCUT2D eigenvalue weighted by Gasteiger charge is 2.24. The highest BCUT2D eigenvalue weighted by Crippen LogP contribution is 2.38. The Bertz CT molecular complexity index is 1390. The van der Waals surface area contributed by atoms with E-state index in [-0.39, 0.29) is 11.1 Å². The monoisotopic (exact) mass is 413 g/mol. The molecule has 150 valence electrons. The van der Waals surface area contributed by atoms with Gasteiger partial charge in [0.05, 0.1) is 35.7 Å². The molecule has 0 bridgehead atoms. The molecule has 0 spiro atoms. The van der Waals surface area contributed by atoms with Crippen LogP contribution in [0.4, 0.5) is 0 Å². The first-order chi connectivity index (χ1) is 13.6. The smallest absolute Gasteiger partial charge is 0.250 e. The fourth-order valence-electron chi connectivity index (χ4n) is 3.79. The minimum atomic E-state index is -3.73. The molecule has 0 saturated carbocycles. The first-order valence-corrected chi connectivity index (χ1v) is 10.6. The second-order valence-electron chi connectivity index (χ2n) is 6.89. The molecule has 4 aromatic rings. The number of methoxy groups -OCH3 is 1. The van der Waals surface area contributed by atoms with E-state index in [2.05, 4.69) is 5.16 Å². The van der Waals surface area contributed by atoms with Gasteiger partial charge in [0.2, 0.25) is 10.0 Å². The molecular weight excluding hydrogens is 394 g/mol. The molecule has 9 heteroatoms. The van der Waals surface area contributed by atoms with Gasteiger partial charge >= 0.3 is 0 Å². The van der Waals surface area contributed by atoms with Crippen LogP contribution in [0.1, 0.15) is 21.8 Å². The molecular formula is C20H19N3O5S. The predicted molar refractivity (Wildman–Crippen MR) is 110 cm³/mol. The molecule has 2 aromatic carbocycles. The lowest BCUT2D eigenvalue weighted by Crippen LogP contribution is -2.16. The Hall–Kier alpha value is -3.33. The van der Waals surface area contributed by atoms with Gasteiger partial charge in [-0.05, 0) is 49.7 Å². The van der Waals surface area contributed by atoms with Crippen molar-refractivity contribution in [1.29, 1.82) is 0 Å². The van der Waals surface area contributed by atoms with Crippen LogP contribution in [0.3, 0.4) is 0 Å². The molecule has 0 radical (unpaired) electrons. The zero-order valence-electron chi connectivity index (χ0n) is 16.3. The lowest BCUT2D eigenvalue weighted by Gasteiger charge is -2.09. The molecule has 0 unspecified atom stereocenters. The quantitative estimate of drug-likeness (QED) is 0.550. The number of hydrogen-bond acceptors (Lipinski definition) is 6. The van der Waals surface area contributed by atoms with E-state index in [4.69, 9.17) is 15.0 Å². The molecule has 0 aliphatic rings. The third-order valence-corrected chi connectivity index (χ3v) is 5.99. The molecule has 0 aliphatic heterocycles. The number of aryl methyl sites for hydroxylation is 2. The van der Waals surface area contributed by atoms with Crippen molar-refractivity contribution in [3.63, 3.8) is 0 Å². The van der Waals surface area contributed by atoms with Crippen molar-refractivity contribution < 1.29 is 22.5 Å². The van der Waals surface area contributed by atoms with Crippen LogP contribution in [0.15, 0.2) is 34.9 Å². The number of fused-ring (bicyclic) bond motifs is 3. The normalized spacial score (nSPS) is 12.0. The zero-order valence-corrected chi connectivity index (χ0v) is 17.1. The van der Waals surface area contributed by atoms with Crippen LogP contribution in [-0.4, -0.2) is 36.8 Å². The Labute approximate surface area is 166 Å². The minimum Gasteiger partial charge on any atom is -0.497 e. The number of hydrogen-bond donors (Lipinski definition) is 1. The number of amides is 1. The van der Waals surface area contributed by atoms with Gasteiger partial charge in [-0.1, -0.05) is 5.16 Å². The number of nitrogens with two attached hydrogens (primary N) is 1. The highest BCUT2D eigenvalue weighted by molar-refractivity contribution is 7.89. The number of ether oxygens (including phenoxy) is 1. The van der Waals surface area contributed by atoms with Gasteiger partial charge < -0.3 is 15.0 Å². The van der Waals surface area contributed by atoms with Crippen LogP contribution in [0.2, 0.25) is 0 Å². The van der Waals surface area contributed by atoms with Crippen LogP contribution in [0.5, 0.6) is 5.75 Å². The molecule has 0 saturated heterocycles. The Morgan fingerprint density at radius 1 is 1.17 bits per heavy atom. The molecule has 0 fully saturated rings. The number of primary amides is 1. The molecule has 2 heterocycles. The second-order valence-corrected chi connectivity index (χ2v) is 8.73. The van der Waals surface area contributed by atoms with Gasteiger partial charge in [0.15, 0.2) is 0 Å². The summed E-state index contributed by atoms with van der Waals surface area (Å²) in [5, 5.41) is 5.16. The first-order valence-electron chi connectivity index (χ1n) is 8.73. The Balaban J connectivity index is 2.27. The standard InChI is InChI=1S/C20H19N3O5S/c1-10-18(11(2)28-22-10)12-7-15-14-9-13(27-3)5-6-17(14)23(29(4,25)26)19(15)16(8-12)20(21)24/h5-9H,1-4H3,(H2,21,24). The van der Waals surface area contributed by atoms with Crippen LogP contribution in [-0.2, 0) is 10.0 Å². The molecule has 29 heavy (non-hydrogen) atoms. The molecule has 0 aliphatic carbocycles. The first kappa shape index (κ1) is 19.0. The van der Waals surface area contributed by atoms with E-state index in [0.717, 1.165) is 15.8 Å². The van der Waals surface area contributed by atoms with E-state index < -0.39 is 15.9 Å². The van der Waals surface area contributed by atoms with Crippen molar-refractivity contribution >= 4 is 37.7 Å². The van der Waals surface area contributed by atoms with Crippen molar-refractivity contribution in [2.45, 2.75) is 13.8 Å². The number of carbonyl (C=O) groups excluding carboxylic acids is 1. The van der Waals surface area contributed by atoms with E-state index in [1.54, 1.807) is 38.1 Å². The maximum atomic E-state index is 12.6. The van der Waals surface area contributed by atoms with E-state index in [1.807, 2.05) is 6.07 Å². The lowest BCUT2D eigenvalue weighted by molar-refractivity contribution is 0.100. The summed E-state index contributed by atoms with van der Waals surface area (Å²) >= 11 is 0. The van der Waals surface area contributed by atoms with Gasteiger partial charge in [-0.3, -0.25) is 4.79 Å². The molecule has 4 rings (SSSR count). The largest absolute Gasteiger partial charge is 0.497 e. The third-order valence-electron chi connectivity index (χ3n) is 4.94. The summed E-state index contributed by atoms with van der Waals surface area (Å²) in [7, 11) is -2.21. The summed E-state index contributed by atoms with van der Waals surface area (Å²) < 4.78 is 37.0. The van der Waals surface area contributed by atoms with Gasteiger partial charge in [0, 0.05) is 16.3 Å². The van der Waals surface area contributed by atoms with E-state index in [1.165, 1.54) is 7.11 Å². The van der Waals surface area contributed by atoms with Gasteiger partial charge in [0.25, 0.3) is 5.91 Å². The fraction of sp³-hybridized carbons (Fsp3) is 0.200. The van der Waals surface area contributed by atoms with Crippen LogP contribution >= 0.6 is 0 Å². The summed E-state index contributed by atoms with van der Waals surface area (Å²) in [6.45, 7) is 3.56. The van der Waals surface area contributed by atoms with Gasteiger partial charge in [0.1, 0.15) is 11.5 Å². The van der Waals surface area contributed by atoms with Crippen molar-refractivity contribution in [1.82, 2.24) is 9.13 Å². The Morgan fingerprint density at radius 3 is 2.45 bits per heavy atom. The third kappa shape index (κ3) is 2.85. The SMILES string of the molecule is COc1ccc2c(c1)c1cc(-c3c(C)noc3C)cc(C(N)=O)c1n2S(C)(=O)=O. The Kier molecular flexibility index (Phi) is 4.16. The number of aromatic nitrogens is 2. The number of carbonyl (C=O) groups is 1. The van der Waals surface area contributed by atoms with Gasteiger partial charge in [-0.25, -0.2) is 12.4 Å². The second kappa shape index (κ2) is 6.35. The van der Waals surface area contributed by atoms with Crippen molar-refractivity contribution in [3.05, 3.63) is 47.3 Å². The zero-order chi connectivity index (χ0) is 21.1. The van der Waals surface area contributed by atoms with Gasteiger partial charge in [-0.2, -0.15) is 0 Å². The molecule has 0 atom stereocenters. The van der Waals surface area contributed by atoms with Crippen molar-refractivity contribution in [3.8, 4) is 16.9 Å². The summed E-state index contributed by atoms with van der Waals surface area (Å²) in [6, 6.07) is 8.45. The van der Waals surface area contributed by atoms with Crippen molar-refractivity contribution in [2.24, 2.45) is 5.73 Å². The molecule has 2 aromatic heterocycles. The fourth-order valence-corrected chi connectivity index (χ4v) is 4.83.